The molecule has 6 heteroatoms. The van der Waals surface area contributed by atoms with Crippen molar-refractivity contribution in [2.75, 3.05) is 21.0 Å². The highest BCUT2D eigenvalue weighted by molar-refractivity contribution is 5.94. The molecule has 29 heavy (non-hydrogen) atoms. The molecule has 0 bridgehead atoms. The van der Waals surface area contributed by atoms with Crippen molar-refractivity contribution in [2.24, 2.45) is 0 Å². The van der Waals surface area contributed by atoms with E-state index in [2.05, 4.69) is 0 Å². The average molecular weight is 398 g/mol. The number of carbonyl (C=O) groups is 2. The zero-order chi connectivity index (χ0) is 21.4. The standard InChI is InChI=1S/C23H26O6/c1-23(2,3)29-22(25)19-14-17(10-13-20(19)28-15-26-4)7-6-16-8-11-18(12-9-16)21(24)27-5/h6-14H,15H2,1-5H3/b7-6+. The first-order chi connectivity index (χ1) is 13.7. The maximum atomic E-state index is 12.6. The Bertz CT molecular complexity index is 875. The van der Waals surface area contributed by atoms with E-state index in [4.69, 9.17) is 18.9 Å². The van der Waals surface area contributed by atoms with Gasteiger partial charge in [-0.15, -0.1) is 0 Å². The fourth-order valence-corrected chi connectivity index (χ4v) is 2.43. The van der Waals surface area contributed by atoms with Crippen molar-refractivity contribution in [3.8, 4) is 5.75 Å². The molecule has 0 spiro atoms. The molecule has 2 aromatic rings. The third-order valence-corrected chi connectivity index (χ3v) is 3.75. The van der Waals surface area contributed by atoms with Gasteiger partial charge in [-0.1, -0.05) is 30.4 Å². The molecular formula is C23H26O6. The fraction of sp³-hybridized carbons (Fsp3) is 0.304. The summed E-state index contributed by atoms with van der Waals surface area (Å²) in [7, 11) is 2.86. The van der Waals surface area contributed by atoms with E-state index in [1.54, 1.807) is 24.3 Å². The molecular weight excluding hydrogens is 372 g/mol. The van der Waals surface area contributed by atoms with Gasteiger partial charge in [-0.2, -0.15) is 0 Å². The smallest absolute Gasteiger partial charge is 0.342 e. The zero-order valence-electron chi connectivity index (χ0n) is 17.4. The Morgan fingerprint density at radius 3 is 2.10 bits per heavy atom. The average Bonchev–Trinajstić information content (AvgIpc) is 2.69. The van der Waals surface area contributed by atoms with Gasteiger partial charge in [0.05, 0.1) is 12.7 Å². The number of benzene rings is 2. The van der Waals surface area contributed by atoms with Crippen molar-refractivity contribution in [3.05, 3.63) is 64.7 Å². The normalized spacial score (nSPS) is 11.3. The summed E-state index contributed by atoms with van der Waals surface area (Å²) in [6, 6.07) is 12.3. The van der Waals surface area contributed by atoms with Crippen LogP contribution in [0.15, 0.2) is 42.5 Å². The first-order valence-corrected chi connectivity index (χ1v) is 9.09. The van der Waals surface area contributed by atoms with Crippen LogP contribution in [0, 0.1) is 0 Å². The number of hydrogen-bond acceptors (Lipinski definition) is 6. The molecule has 0 heterocycles. The molecule has 0 saturated heterocycles. The van der Waals surface area contributed by atoms with Gasteiger partial charge < -0.3 is 18.9 Å². The van der Waals surface area contributed by atoms with Crippen LogP contribution in [0.2, 0.25) is 0 Å². The van der Waals surface area contributed by atoms with Gasteiger partial charge in [0.25, 0.3) is 0 Å². The Kier molecular flexibility index (Phi) is 7.56. The molecule has 0 unspecified atom stereocenters. The fourth-order valence-electron chi connectivity index (χ4n) is 2.43. The van der Waals surface area contributed by atoms with E-state index in [1.807, 2.05) is 51.1 Å². The lowest BCUT2D eigenvalue weighted by Gasteiger charge is -2.20. The predicted octanol–water partition coefficient (Wildman–Crippen LogP) is 4.58. The zero-order valence-corrected chi connectivity index (χ0v) is 17.4. The Morgan fingerprint density at radius 1 is 0.897 bits per heavy atom. The highest BCUT2D eigenvalue weighted by Gasteiger charge is 2.21. The second-order valence-electron chi connectivity index (χ2n) is 7.26. The maximum Gasteiger partial charge on any atom is 0.342 e. The van der Waals surface area contributed by atoms with E-state index in [9.17, 15) is 9.59 Å². The van der Waals surface area contributed by atoms with Gasteiger partial charge >= 0.3 is 11.9 Å². The summed E-state index contributed by atoms with van der Waals surface area (Å²) in [5.74, 6) is -0.462. The topological polar surface area (TPSA) is 71.1 Å². The van der Waals surface area contributed by atoms with Crippen LogP contribution in [0.4, 0.5) is 0 Å². The van der Waals surface area contributed by atoms with Crippen LogP contribution in [0.3, 0.4) is 0 Å². The molecule has 0 aliphatic carbocycles. The van der Waals surface area contributed by atoms with Crippen molar-refractivity contribution >= 4 is 24.1 Å². The molecule has 2 rings (SSSR count). The van der Waals surface area contributed by atoms with Crippen LogP contribution in [-0.2, 0) is 14.2 Å². The molecule has 0 aliphatic heterocycles. The lowest BCUT2D eigenvalue weighted by atomic mass is 10.1. The van der Waals surface area contributed by atoms with Crippen LogP contribution < -0.4 is 4.74 Å². The van der Waals surface area contributed by atoms with E-state index in [0.29, 0.717) is 16.9 Å². The number of ether oxygens (including phenoxy) is 4. The van der Waals surface area contributed by atoms with Crippen molar-refractivity contribution < 1.29 is 28.5 Å². The lowest BCUT2D eigenvalue weighted by molar-refractivity contribution is 0.00553. The van der Waals surface area contributed by atoms with Crippen LogP contribution in [0.25, 0.3) is 12.2 Å². The van der Waals surface area contributed by atoms with Gasteiger partial charge in [0, 0.05) is 7.11 Å². The molecule has 0 radical (unpaired) electrons. The molecule has 0 saturated carbocycles. The number of rotatable bonds is 7. The summed E-state index contributed by atoms with van der Waals surface area (Å²) in [5, 5.41) is 0. The van der Waals surface area contributed by atoms with Gasteiger partial charge in [0.15, 0.2) is 6.79 Å². The number of carbonyl (C=O) groups excluding carboxylic acids is 2. The predicted molar refractivity (Wildman–Crippen MR) is 111 cm³/mol. The van der Waals surface area contributed by atoms with E-state index >= 15 is 0 Å². The molecule has 0 amide bonds. The van der Waals surface area contributed by atoms with Crippen LogP contribution in [0.1, 0.15) is 52.6 Å². The van der Waals surface area contributed by atoms with Gasteiger partial charge in [-0.25, -0.2) is 9.59 Å². The maximum absolute atomic E-state index is 12.6. The molecule has 0 aromatic heterocycles. The minimum Gasteiger partial charge on any atom is -0.467 e. The number of methoxy groups -OCH3 is 2. The minimum atomic E-state index is -0.622. The monoisotopic (exact) mass is 398 g/mol. The number of hydrogen-bond donors (Lipinski definition) is 0. The van der Waals surface area contributed by atoms with Gasteiger partial charge in [-0.05, 0) is 56.2 Å². The third-order valence-electron chi connectivity index (χ3n) is 3.75. The number of esters is 2. The van der Waals surface area contributed by atoms with E-state index < -0.39 is 11.6 Å². The summed E-state index contributed by atoms with van der Waals surface area (Å²) in [6.45, 7) is 5.45. The van der Waals surface area contributed by atoms with E-state index in [-0.39, 0.29) is 12.8 Å². The first-order valence-electron chi connectivity index (χ1n) is 9.09. The highest BCUT2D eigenvalue weighted by Crippen LogP contribution is 2.24. The summed E-state index contributed by atoms with van der Waals surface area (Å²) >= 11 is 0. The van der Waals surface area contributed by atoms with Crippen molar-refractivity contribution in [1.29, 1.82) is 0 Å². The molecule has 2 aromatic carbocycles. The van der Waals surface area contributed by atoms with Gasteiger partial charge in [0.1, 0.15) is 16.9 Å². The van der Waals surface area contributed by atoms with Crippen LogP contribution >= 0.6 is 0 Å². The van der Waals surface area contributed by atoms with Crippen molar-refractivity contribution in [1.82, 2.24) is 0 Å². The minimum absolute atomic E-state index is 0.0253. The molecule has 154 valence electrons. The molecule has 0 atom stereocenters. The SMILES string of the molecule is COCOc1ccc(/C=C/c2ccc(C(=O)OC)cc2)cc1C(=O)OC(C)(C)C. The molecule has 0 fully saturated rings. The summed E-state index contributed by atoms with van der Waals surface area (Å²) in [6.07, 6.45) is 3.74. The second-order valence-corrected chi connectivity index (χ2v) is 7.26. The summed E-state index contributed by atoms with van der Waals surface area (Å²) < 4.78 is 20.6. The summed E-state index contributed by atoms with van der Waals surface area (Å²) in [5.41, 5.74) is 1.88. The van der Waals surface area contributed by atoms with Gasteiger partial charge in [0.2, 0.25) is 0 Å². The largest absolute Gasteiger partial charge is 0.467 e. The lowest BCUT2D eigenvalue weighted by Crippen LogP contribution is -2.24. The van der Waals surface area contributed by atoms with Crippen molar-refractivity contribution in [2.45, 2.75) is 26.4 Å². The van der Waals surface area contributed by atoms with Crippen molar-refractivity contribution in [3.63, 3.8) is 0 Å². The summed E-state index contributed by atoms with van der Waals surface area (Å²) in [4.78, 5) is 24.1. The van der Waals surface area contributed by atoms with Crippen LogP contribution in [0.5, 0.6) is 5.75 Å². The Balaban J connectivity index is 2.26. The van der Waals surface area contributed by atoms with Crippen LogP contribution in [-0.4, -0.2) is 38.6 Å². The van der Waals surface area contributed by atoms with E-state index in [1.165, 1.54) is 14.2 Å². The Labute approximate surface area is 171 Å². The molecule has 0 N–H and O–H groups in total. The Morgan fingerprint density at radius 2 is 1.52 bits per heavy atom. The highest BCUT2D eigenvalue weighted by atomic mass is 16.7. The molecule has 6 nitrogen and oxygen atoms in total. The van der Waals surface area contributed by atoms with Gasteiger partial charge in [-0.3, -0.25) is 0 Å². The third kappa shape index (κ3) is 6.76. The Hall–Kier alpha value is -3.12. The second kappa shape index (κ2) is 9.89. The quantitative estimate of drug-likeness (QED) is 0.386. The van der Waals surface area contributed by atoms with E-state index in [0.717, 1.165) is 11.1 Å². The molecule has 0 aliphatic rings. The first kappa shape index (κ1) is 22.2.